The molecule has 1 atom stereocenters. The highest BCUT2D eigenvalue weighted by molar-refractivity contribution is 7.98. The van der Waals surface area contributed by atoms with Crippen LogP contribution in [0.2, 0.25) is 0 Å². The van der Waals surface area contributed by atoms with Gasteiger partial charge in [-0.1, -0.05) is 36.6 Å². The van der Waals surface area contributed by atoms with E-state index in [1.807, 2.05) is 32.3 Å². The van der Waals surface area contributed by atoms with Gasteiger partial charge in [-0.15, -0.1) is 10.2 Å². The van der Waals surface area contributed by atoms with Crippen LogP contribution in [0.15, 0.2) is 35.7 Å². The Labute approximate surface area is 116 Å². The molecule has 6 heteroatoms. The fraction of sp³-hybridized carbons (Fsp3) is 0.308. The van der Waals surface area contributed by atoms with Gasteiger partial charge >= 0.3 is 0 Å². The maximum absolute atomic E-state index is 5.75. The molecule has 100 valence electrons. The predicted octanol–water partition coefficient (Wildman–Crippen LogP) is 2.39. The molecule has 0 spiro atoms. The van der Waals surface area contributed by atoms with E-state index in [9.17, 15) is 0 Å². The number of hydrogen-bond acceptors (Lipinski definition) is 6. The quantitative estimate of drug-likeness (QED) is 0.837. The summed E-state index contributed by atoms with van der Waals surface area (Å²) < 4.78 is 5.75. The van der Waals surface area contributed by atoms with Gasteiger partial charge in [0.25, 0.3) is 0 Å². The highest BCUT2D eigenvalue weighted by Gasteiger charge is 2.24. The van der Waals surface area contributed by atoms with E-state index >= 15 is 0 Å². The Bertz CT molecular complexity index is 554. The summed E-state index contributed by atoms with van der Waals surface area (Å²) in [7, 11) is 0. The largest absolute Gasteiger partial charge is 0.452 e. The van der Waals surface area contributed by atoms with Gasteiger partial charge in [0.05, 0.1) is 0 Å². The lowest BCUT2D eigenvalue weighted by Gasteiger charge is -2.13. The van der Waals surface area contributed by atoms with Crippen molar-refractivity contribution in [2.24, 2.45) is 0 Å². The van der Waals surface area contributed by atoms with Crippen molar-refractivity contribution < 1.29 is 4.74 Å². The Morgan fingerprint density at radius 1 is 1.42 bits per heavy atom. The number of thioether (sulfide) groups is 1. The molecule has 0 bridgehead atoms. The molecule has 5 nitrogen and oxygen atoms in total. The van der Waals surface area contributed by atoms with Crippen molar-refractivity contribution in [1.29, 1.82) is 0 Å². The molecule has 0 saturated carbocycles. The molecule has 0 fully saturated rings. The number of rotatable bonds is 2. The molecule has 19 heavy (non-hydrogen) atoms. The van der Waals surface area contributed by atoms with Gasteiger partial charge in [0.15, 0.2) is 11.9 Å². The monoisotopic (exact) mass is 276 g/mol. The molecule has 1 aromatic heterocycles. The fourth-order valence-corrected chi connectivity index (χ4v) is 2.08. The van der Waals surface area contributed by atoms with Crippen molar-refractivity contribution in [2.45, 2.75) is 25.2 Å². The third-order valence-corrected chi connectivity index (χ3v) is 3.12. The summed E-state index contributed by atoms with van der Waals surface area (Å²) in [5.74, 6) is 0.490. The number of allylic oxidation sites excluding steroid dienone is 4. The Hall–Kier alpha value is -1.82. The molecule has 1 N–H and O–H groups in total. The number of nitrogens with zero attached hydrogens (tertiary/aromatic N) is 3. The first-order valence-electron chi connectivity index (χ1n) is 5.91. The highest BCUT2D eigenvalue weighted by Crippen LogP contribution is 2.31. The van der Waals surface area contributed by atoms with Crippen LogP contribution >= 0.6 is 11.8 Å². The van der Waals surface area contributed by atoms with Gasteiger partial charge in [-0.25, -0.2) is 0 Å². The van der Waals surface area contributed by atoms with Crippen LogP contribution in [0.4, 0.5) is 0 Å². The van der Waals surface area contributed by atoms with E-state index in [-0.39, 0.29) is 6.23 Å². The van der Waals surface area contributed by atoms with Gasteiger partial charge < -0.3 is 10.1 Å². The Morgan fingerprint density at radius 2 is 2.21 bits per heavy atom. The zero-order valence-electron chi connectivity index (χ0n) is 11.2. The van der Waals surface area contributed by atoms with Crippen LogP contribution in [0.3, 0.4) is 0 Å². The molecule has 2 rings (SSSR count). The molecular weight excluding hydrogens is 260 g/mol. The molecule has 0 saturated heterocycles. The van der Waals surface area contributed by atoms with E-state index in [0.29, 0.717) is 16.7 Å². The molecule has 1 aliphatic heterocycles. The zero-order chi connectivity index (χ0) is 13.8. The first kappa shape index (κ1) is 13.6. The number of hydrogen-bond donors (Lipinski definition) is 1. The highest BCUT2D eigenvalue weighted by atomic mass is 32.2. The van der Waals surface area contributed by atoms with Gasteiger partial charge in [0, 0.05) is 11.3 Å². The first-order valence-corrected chi connectivity index (χ1v) is 7.13. The molecule has 1 aliphatic rings. The van der Waals surface area contributed by atoms with Crippen LogP contribution in [-0.4, -0.2) is 27.7 Å². The number of ether oxygens (including phenoxy) is 1. The average Bonchev–Trinajstić information content (AvgIpc) is 2.55. The van der Waals surface area contributed by atoms with Gasteiger partial charge in [0.2, 0.25) is 11.0 Å². The summed E-state index contributed by atoms with van der Waals surface area (Å²) in [6.07, 6.45) is 7.27. The maximum Gasteiger partial charge on any atom is 0.247 e. The fourth-order valence-electron chi connectivity index (χ4n) is 1.78. The Morgan fingerprint density at radius 3 is 2.84 bits per heavy atom. The predicted molar refractivity (Wildman–Crippen MR) is 76.8 cm³/mol. The van der Waals surface area contributed by atoms with Crippen molar-refractivity contribution in [3.05, 3.63) is 36.2 Å². The standard InChI is InChI=1S/C13H16N4OS/c1-5-7-9-10(6-2)14-8(3)18-12-11(9)16-17-13(15-12)19-4/h5-8,14H,1H2,2-4H3/b9-7+,10-6+. The first-order chi connectivity index (χ1) is 9.19. The van der Waals surface area contributed by atoms with E-state index in [1.54, 1.807) is 6.08 Å². The normalized spacial score (nSPS) is 22.4. The zero-order valence-corrected chi connectivity index (χ0v) is 12.0. The minimum Gasteiger partial charge on any atom is -0.452 e. The van der Waals surface area contributed by atoms with E-state index in [1.165, 1.54) is 11.8 Å². The lowest BCUT2D eigenvalue weighted by atomic mass is 10.1. The number of nitrogens with one attached hydrogen (secondary N) is 1. The van der Waals surface area contributed by atoms with Crippen LogP contribution in [0.25, 0.3) is 5.57 Å². The van der Waals surface area contributed by atoms with Gasteiger partial charge in [-0.05, 0) is 20.1 Å². The van der Waals surface area contributed by atoms with Crippen LogP contribution in [0.5, 0.6) is 5.88 Å². The molecule has 1 aromatic rings. The Balaban J connectivity index is 2.61. The second kappa shape index (κ2) is 5.88. The molecule has 0 aromatic carbocycles. The van der Waals surface area contributed by atoms with Crippen molar-refractivity contribution >= 4 is 17.3 Å². The summed E-state index contributed by atoms with van der Waals surface area (Å²) in [4.78, 5) is 4.37. The molecular formula is C13H16N4OS. The number of fused-ring (bicyclic) bond motifs is 1. The van der Waals surface area contributed by atoms with E-state index in [2.05, 4.69) is 27.1 Å². The lowest BCUT2D eigenvalue weighted by Crippen LogP contribution is -2.29. The summed E-state index contributed by atoms with van der Waals surface area (Å²) in [5, 5.41) is 12.1. The second-order valence-electron chi connectivity index (χ2n) is 3.88. The van der Waals surface area contributed by atoms with Crippen LogP contribution in [-0.2, 0) is 0 Å². The SMILES string of the molecule is C=C/C=C1\C(=C/C)NC(C)Oc2nc(SC)nnc21. The minimum absolute atomic E-state index is 0.188. The third-order valence-electron chi connectivity index (χ3n) is 2.58. The summed E-state index contributed by atoms with van der Waals surface area (Å²) >= 11 is 1.43. The summed E-state index contributed by atoms with van der Waals surface area (Å²) in [5.41, 5.74) is 2.44. The summed E-state index contributed by atoms with van der Waals surface area (Å²) in [6.45, 7) is 7.61. The Kier molecular flexibility index (Phi) is 4.21. The van der Waals surface area contributed by atoms with Crippen molar-refractivity contribution in [2.75, 3.05) is 6.26 Å². The third kappa shape index (κ3) is 2.78. The summed E-state index contributed by atoms with van der Waals surface area (Å²) in [6, 6.07) is 0. The van der Waals surface area contributed by atoms with Crippen LogP contribution in [0.1, 0.15) is 19.5 Å². The van der Waals surface area contributed by atoms with Crippen molar-refractivity contribution in [3.8, 4) is 5.88 Å². The van der Waals surface area contributed by atoms with Gasteiger partial charge in [-0.2, -0.15) is 4.98 Å². The topological polar surface area (TPSA) is 59.9 Å². The molecule has 1 unspecified atom stereocenters. The maximum atomic E-state index is 5.75. The van der Waals surface area contributed by atoms with E-state index < -0.39 is 0 Å². The molecule has 2 heterocycles. The van der Waals surface area contributed by atoms with Crippen LogP contribution < -0.4 is 10.1 Å². The van der Waals surface area contributed by atoms with E-state index in [0.717, 1.165) is 11.3 Å². The lowest BCUT2D eigenvalue weighted by molar-refractivity contribution is 0.189. The van der Waals surface area contributed by atoms with Crippen molar-refractivity contribution in [1.82, 2.24) is 20.5 Å². The molecule has 0 radical (unpaired) electrons. The van der Waals surface area contributed by atoms with Crippen molar-refractivity contribution in [3.63, 3.8) is 0 Å². The number of aromatic nitrogens is 3. The van der Waals surface area contributed by atoms with Gasteiger partial charge in [0.1, 0.15) is 0 Å². The van der Waals surface area contributed by atoms with Gasteiger partial charge in [-0.3, -0.25) is 0 Å². The smallest absolute Gasteiger partial charge is 0.247 e. The average molecular weight is 276 g/mol. The minimum atomic E-state index is -0.188. The van der Waals surface area contributed by atoms with Crippen LogP contribution in [0, 0.1) is 0 Å². The molecule has 0 amide bonds. The second-order valence-corrected chi connectivity index (χ2v) is 4.65. The molecule has 0 aliphatic carbocycles. The van der Waals surface area contributed by atoms with E-state index in [4.69, 9.17) is 4.74 Å².